The van der Waals surface area contributed by atoms with Crippen LogP contribution >= 0.6 is 22.6 Å². The number of halogens is 1. The molecule has 124 valence electrons. The highest BCUT2D eigenvalue weighted by atomic mass is 125. The number of H-pyrrole nitrogens is 1. The smallest absolute Gasteiger partial charge is 0.320 e. The van der Waals surface area contributed by atoms with Gasteiger partial charge in [0.1, 0.15) is 11.8 Å². The van der Waals surface area contributed by atoms with Gasteiger partial charge >= 0.3 is 5.97 Å². The summed E-state index contributed by atoms with van der Waals surface area (Å²) in [5.41, 5.74) is 5.62. The van der Waals surface area contributed by atoms with Gasteiger partial charge in [-0.05, 0) is 66.1 Å². The van der Waals surface area contributed by atoms with Crippen LogP contribution in [0.5, 0.6) is 5.75 Å². The highest BCUT2D eigenvalue weighted by molar-refractivity contribution is 14.1. The maximum atomic E-state index is 10.9. The summed E-state index contributed by atoms with van der Waals surface area (Å²) in [5, 5.41) is 22.7. The third-order valence-electron chi connectivity index (χ3n) is 3.36. The molecule has 8 nitrogen and oxygen atoms in total. The number of hydrogen-bond donors (Lipinski definition) is 3. The van der Waals surface area contributed by atoms with Crippen LogP contribution in [-0.2, 0) is 4.79 Å². The molecule has 0 aliphatic carbocycles. The third kappa shape index (κ3) is 5.75. The van der Waals surface area contributed by atoms with E-state index in [-0.39, 0.29) is 12.3 Å². The summed E-state index contributed by atoms with van der Waals surface area (Å²) in [7, 11) is 0. The largest absolute Gasteiger partial charge is 0.494 e. The van der Waals surface area contributed by atoms with Crippen LogP contribution in [0.25, 0.3) is 0 Å². The topological polar surface area (TPSA) is 127 Å². The Morgan fingerprint density at radius 2 is 2.13 bits per heavy atom. The lowest BCUT2D eigenvalue weighted by atomic mass is 9.95. The maximum Gasteiger partial charge on any atom is 0.320 e. The lowest BCUT2D eigenvalue weighted by Gasteiger charge is -2.15. The van der Waals surface area contributed by atoms with Crippen molar-refractivity contribution in [3.8, 4) is 5.75 Å². The van der Waals surface area contributed by atoms with Crippen molar-refractivity contribution in [3.05, 3.63) is 33.7 Å². The van der Waals surface area contributed by atoms with Crippen LogP contribution in [-0.4, -0.2) is 44.3 Å². The third-order valence-corrected chi connectivity index (χ3v) is 4.08. The van der Waals surface area contributed by atoms with Gasteiger partial charge < -0.3 is 15.6 Å². The van der Waals surface area contributed by atoms with E-state index in [1.165, 1.54) is 0 Å². The number of ether oxygens (including phenoxy) is 1. The summed E-state index contributed by atoms with van der Waals surface area (Å²) in [4.78, 5) is 10.9. The number of tetrazole rings is 1. The van der Waals surface area contributed by atoms with Crippen molar-refractivity contribution in [1.29, 1.82) is 0 Å². The Morgan fingerprint density at radius 3 is 2.74 bits per heavy atom. The molecule has 0 spiro atoms. The Bertz CT molecular complexity index is 605. The highest BCUT2D eigenvalue weighted by Gasteiger charge is 2.23. The zero-order chi connectivity index (χ0) is 16.7. The van der Waals surface area contributed by atoms with E-state index >= 15 is 0 Å². The number of hydrogen-bond acceptors (Lipinski definition) is 6. The average Bonchev–Trinajstić information content (AvgIpc) is 3.06. The van der Waals surface area contributed by atoms with Crippen molar-refractivity contribution < 1.29 is 14.6 Å². The summed E-state index contributed by atoms with van der Waals surface area (Å²) >= 11 is 2.23. The molecule has 1 unspecified atom stereocenters. The summed E-state index contributed by atoms with van der Waals surface area (Å²) in [5.74, 6) is 0.0912. The molecule has 9 heteroatoms. The van der Waals surface area contributed by atoms with Crippen molar-refractivity contribution in [3.63, 3.8) is 0 Å². The molecule has 4 N–H and O–H groups in total. The predicted octanol–water partition coefficient (Wildman–Crippen LogP) is 1.55. The van der Waals surface area contributed by atoms with E-state index in [1.807, 2.05) is 24.3 Å². The second-order valence-electron chi connectivity index (χ2n) is 5.09. The Kier molecular flexibility index (Phi) is 6.71. The molecule has 0 bridgehead atoms. The lowest BCUT2D eigenvalue weighted by molar-refractivity contribution is -0.138. The van der Waals surface area contributed by atoms with Crippen LogP contribution in [0.15, 0.2) is 24.3 Å². The highest BCUT2D eigenvalue weighted by Crippen LogP contribution is 2.23. The second kappa shape index (κ2) is 8.77. The molecule has 0 saturated heterocycles. The lowest BCUT2D eigenvalue weighted by Crippen LogP contribution is -2.32. The predicted molar refractivity (Wildman–Crippen MR) is 91.0 cm³/mol. The Balaban J connectivity index is 1.83. The molecule has 0 amide bonds. The molecular formula is C14H18IN5O3. The van der Waals surface area contributed by atoms with Gasteiger partial charge in [0.15, 0.2) is 5.82 Å². The normalized spacial score (nSPS) is 13.5. The molecule has 0 radical (unpaired) electrons. The molecule has 1 heterocycles. The molecule has 2 atom stereocenters. The molecule has 1 aromatic heterocycles. The molecule has 23 heavy (non-hydrogen) atoms. The number of benzene rings is 1. The first kappa shape index (κ1) is 17.6. The number of aromatic amines is 1. The van der Waals surface area contributed by atoms with E-state index in [0.29, 0.717) is 18.9 Å². The van der Waals surface area contributed by atoms with E-state index < -0.39 is 12.0 Å². The van der Waals surface area contributed by atoms with Crippen LogP contribution < -0.4 is 10.5 Å². The number of aliphatic carboxylic acids is 1. The van der Waals surface area contributed by atoms with E-state index in [9.17, 15) is 4.79 Å². The zero-order valence-corrected chi connectivity index (χ0v) is 14.5. The molecule has 0 saturated carbocycles. The summed E-state index contributed by atoms with van der Waals surface area (Å²) < 4.78 is 6.81. The van der Waals surface area contributed by atoms with Gasteiger partial charge in [-0.1, -0.05) is 5.21 Å². The Morgan fingerprint density at radius 1 is 1.39 bits per heavy atom. The standard InChI is InChI=1S/C14H18IN5O3/c15-10-3-5-11(6-4-10)23-7-1-2-9(8-12(16)14(21)22)13-17-19-20-18-13/h3-6,9,12H,1-2,7-8,16H2,(H,21,22)(H,17,18,19,20)/t9?,12-/m0/s1/i15-2. The zero-order valence-electron chi connectivity index (χ0n) is 12.4. The van der Waals surface area contributed by atoms with Gasteiger partial charge in [0, 0.05) is 9.49 Å². The first-order valence-electron chi connectivity index (χ1n) is 7.16. The molecule has 0 aliphatic heterocycles. The van der Waals surface area contributed by atoms with Gasteiger partial charge in [-0.3, -0.25) is 4.79 Å². The monoisotopic (exact) mass is 429 g/mol. The number of rotatable bonds is 9. The van der Waals surface area contributed by atoms with Crippen LogP contribution in [0.3, 0.4) is 0 Å². The van der Waals surface area contributed by atoms with Crippen LogP contribution in [0.1, 0.15) is 31.0 Å². The SMILES string of the molecule is N[C@@H](CC(CCCOc1ccc([125I])cc1)c1nn[nH]n1)C(=O)O. The molecule has 0 aliphatic rings. The van der Waals surface area contributed by atoms with Crippen LogP contribution in [0.2, 0.25) is 0 Å². The van der Waals surface area contributed by atoms with Crippen molar-refractivity contribution in [2.75, 3.05) is 6.61 Å². The van der Waals surface area contributed by atoms with E-state index in [4.69, 9.17) is 15.6 Å². The van der Waals surface area contributed by atoms with E-state index in [0.717, 1.165) is 15.7 Å². The summed E-state index contributed by atoms with van der Waals surface area (Å²) in [6.45, 7) is 0.525. The first-order chi connectivity index (χ1) is 11.1. The first-order valence-corrected chi connectivity index (χ1v) is 8.24. The minimum Gasteiger partial charge on any atom is -0.494 e. The van der Waals surface area contributed by atoms with Crippen molar-refractivity contribution in [1.82, 2.24) is 20.6 Å². The maximum absolute atomic E-state index is 10.9. The molecule has 2 rings (SSSR count). The minimum absolute atomic E-state index is 0.167. The molecular weight excluding hydrogens is 411 g/mol. The number of aromatic nitrogens is 4. The van der Waals surface area contributed by atoms with Crippen molar-refractivity contribution in [2.24, 2.45) is 5.73 Å². The fourth-order valence-electron chi connectivity index (χ4n) is 2.15. The Hall–Kier alpha value is -1.75. The van der Waals surface area contributed by atoms with E-state index in [1.54, 1.807) is 0 Å². The van der Waals surface area contributed by atoms with Crippen LogP contribution in [0.4, 0.5) is 0 Å². The van der Waals surface area contributed by atoms with Gasteiger partial charge in [0.25, 0.3) is 0 Å². The second-order valence-corrected chi connectivity index (χ2v) is 6.34. The van der Waals surface area contributed by atoms with Gasteiger partial charge in [-0.2, -0.15) is 5.21 Å². The van der Waals surface area contributed by atoms with Gasteiger partial charge in [-0.25, -0.2) is 0 Å². The quantitative estimate of drug-likeness (QED) is 0.408. The van der Waals surface area contributed by atoms with Crippen molar-refractivity contribution >= 4 is 28.6 Å². The average molecular weight is 429 g/mol. The fourth-order valence-corrected chi connectivity index (χ4v) is 2.51. The molecule has 0 fully saturated rings. The van der Waals surface area contributed by atoms with E-state index in [2.05, 4.69) is 43.2 Å². The number of carboxylic acids is 1. The number of carbonyl (C=O) groups is 1. The number of nitrogens with two attached hydrogens (primary N) is 1. The number of nitrogens with one attached hydrogen (secondary N) is 1. The van der Waals surface area contributed by atoms with Crippen LogP contribution in [0, 0.1) is 3.57 Å². The van der Waals surface area contributed by atoms with Crippen molar-refractivity contribution in [2.45, 2.75) is 31.2 Å². The minimum atomic E-state index is -1.03. The fraction of sp³-hybridized carbons (Fsp3) is 0.429. The van der Waals surface area contributed by atoms with Gasteiger partial charge in [0.05, 0.1) is 6.61 Å². The number of carboxylic acid groups (broad SMARTS) is 1. The van der Waals surface area contributed by atoms with Gasteiger partial charge in [0.2, 0.25) is 0 Å². The number of nitrogens with zero attached hydrogens (tertiary/aromatic N) is 3. The molecule has 1 aromatic carbocycles. The van der Waals surface area contributed by atoms with Gasteiger partial charge in [-0.15, -0.1) is 10.2 Å². The summed E-state index contributed by atoms with van der Waals surface area (Å²) in [6.07, 6.45) is 1.67. The molecule has 2 aromatic rings. The Labute approximate surface area is 146 Å². The summed E-state index contributed by atoms with van der Waals surface area (Å²) in [6, 6.07) is 6.83.